The minimum absolute atomic E-state index is 0.393. The molecule has 3 aliphatic rings. The van der Waals surface area contributed by atoms with Crippen molar-refractivity contribution in [3.63, 3.8) is 0 Å². The normalized spacial score (nSPS) is 24.5. The molecule has 0 amide bonds. The van der Waals surface area contributed by atoms with Gasteiger partial charge in [0, 0.05) is 39.8 Å². The van der Waals surface area contributed by atoms with Crippen molar-refractivity contribution < 1.29 is 13.2 Å². The Morgan fingerprint density at radius 2 is 1.93 bits per heavy atom. The van der Waals surface area contributed by atoms with Gasteiger partial charge in [0.2, 0.25) is 10.0 Å². The van der Waals surface area contributed by atoms with Gasteiger partial charge in [-0.15, -0.1) is 0 Å². The highest BCUT2D eigenvalue weighted by Crippen LogP contribution is 2.41. The van der Waals surface area contributed by atoms with Crippen LogP contribution < -0.4 is 25.3 Å². The van der Waals surface area contributed by atoms with E-state index in [1.165, 1.54) is 0 Å². The fourth-order valence-corrected chi connectivity index (χ4v) is 5.90. The van der Waals surface area contributed by atoms with E-state index in [0.717, 1.165) is 37.4 Å². The lowest BCUT2D eigenvalue weighted by molar-refractivity contribution is 0.172. The van der Waals surface area contributed by atoms with Crippen LogP contribution in [0.5, 0.6) is 5.75 Å². The molecule has 28 heavy (non-hydrogen) atoms. The summed E-state index contributed by atoms with van der Waals surface area (Å²) in [6, 6.07) is 4.25. The molecule has 1 aromatic rings. The first kappa shape index (κ1) is 19.7. The van der Waals surface area contributed by atoms with Crippen LogP contribution >= 0.6 is 0 Å². The summed E-state index contributed by atoms with van der Waals surface area (Å²) in [7, 11) is 1.98. The maximum Gasteiger partial charge on any atom is 0.235 e. The van der Waals surface area contributed by atoms with Gasteiger partial charge in [-0.05, 0) is 37.6 Å². The molecule has 0 saturated carbocycles. The number of likely N-dealkylation sites (N-methyl/N-ethyl adjacent to an activating group) is 1. The Bertz CT molecular complexity index is 825. The van der Waals surface area contributed by atoms with E-state index >= 15 is 0 Å². The Labute approximate surface area is 167 Å². The van der Waals surface area contributed by atoms with Gasteiger partial charge >= 0.3 is 0 Å². The lowest BCUT2D eigenvalue weighted by Gasteiger charge is -2.35. The second-order valence-corrected chi connectivity index (χ2v) is 9.78. The smallest absolute Gasteiger partial charge is 0.235 e. The number of ether oxygens (including phenoxy) is 1. The maximum atomic E-state index is 13.2. The van der Waals surface area contributed by atoms with Gasteiger partial charge in [-0.2, -0.15) is 0 Å². The van der Waals surface area contributed by atoms with Gasteiger partial charge in [-0.3, -0.25) is 15.0 Å². The van der Waals surface area contributed by atoms with Crippen LogP contribution in [0.3, 0.4) is 0 Å². The molecular formula is C18H30N6O3S. The number of likely N-dealkylation sites (tertiary alicyclic amines) is 1. The monoisotopic (exact) mass is 410 g/mol. The molecule has 3 aliphatic heterocycles. The number of nitrogens with one attached hydrogen (secondary N) is 3. The molecule has 1 atom stereocenters. The van der Waals surface area contributed by atoms with Crippen molar-refractivity contribution >= 4 is 21.4 Å². The number of rotatable bonds is 5. The van der Waals surface area contributed by atoms with Crippen LogP contribution in [0.15, 0.2) is 12.1 Å². The Balaban J connectivity index is 1.48. The van der Waals surface area contributed by atoms with Crippen LogP contribution in [-0.2, 0) is 16.6 Å². The minimum atomic E-state index is -3.51. The Hall–Kier alpha value is -1.59. The van der Waals surface area contributed by atoms with Gasteiger partial charge in [0.15, 0.2) is 0 Å². The molecule has 0 aliphatic carbocycles. The number of anilines is 2. The lowest BCUT2D eigenvalue weighted by Crippen LogP contribution is -2.47. The summed E-state index contributed by atoms with van der Waals surface area (Å²) in [4.78, 5) is 2.40. The van der Waals surface area contributed by atoms with E-state index in [4.69, 9.17) is 4.74 Å². The molecule has 156 valence electrons. The van der Waals surface area contributed by atoms with E-state index in [1.807, 2.05) is 31.2 Å². The van der Waals surface area contributed by atoms with Crippen molar-refractivity contribution in [3.8, 4) is 5.75 Å². The van der Waals surface area contributed by atoms with E-state index in [0.29, 0.717) is 36.9 Å². The van der Waals surface area contributed by atoms with Gasteiger partial charge in [0.1, 0.15) is 11.4 Å². The molecule has 2 saturated heterocycles. The molecule has 0 aromatic heterocycles. The Morgan fingerprint density at radius 3 is 2.57 bits per heavy atom. The van der Waals surface area contributed by atoms with E-state index in [2.05, 4.69) is 25.5 Å². The number of methoxy groups -OCH3 is 1. The number of hydrazine groups is 2. The molecule has 4 rings (SSSR count). The van der Waals surface area contributed by atoms with Crippen molar-refractivity contribution in [3.05, 3.63) is 17.7 Å². The van der Waals surface area contributed by atoms with E-state index < -0.39 is 15.3 Å². The van der Waals surface area contributed by atoms with Crippen molar-refractivity contribution in [2.75, 3.05) is 57.1 Å². The maximum absolute atomic E-state index is 13.2. The molecule has 10 heteroatoms. The van der Waals surface area contributed by atoms with Gasteiger partial charge in [0.25, 0.3) is 0 Å². The summed E-state index contributed by atoms with van der Waals surface area (Å²) >= 11 is 0. The number of nitrogens with zero attached hydrogens (tertiary/aromatic N) is 3. The number of piperidine rings is 1. The number of hydrogen-bond donors (Lipinski definition) is 3. The second kappa shape index (κ2) is 7.68. The first-order chi connectivity index (χ1) is 13.4. The first-order valence-corrected chi connectivity index (χ1v) is 11.3. The van der Waals surface area contributed by atoms with Crippen LogP contribution in [-0.4, -0.2) is 77.0 Å². The highest BCUT2D eigenvalue weighted by Gasteiger charge is 2.35. The highest BCUT2D eigenvalue weighted by atomic mass is 32.2. The lowest BCUT2D eigenvalue weighted by atomic mass is 10.1. The highest BCUT2D eigenvalue weighted by molar-refractivity contribution is 7.93. The molecule has 1 aromatic carbocycles. The molecule has 3 N–H and O–H groups in total. The average molecular weight is 411 g/mol. The fourth-order valence-electron chi connectivity index (χ4n) is 4.42. The summed E-state index contributed by atoms with van der Waals surface area (Å²) < 4.78 is 34.6. The van der Waals surface area contributed by atoms with Gasteiger partial charge in [0.05, 0.1) is 18.0 Å². The third-order valence-electron chi connectivity index (χ3n) is 6.04. The molecule has 1 unspecified atom stereocenters. The summed E-state index contributed by atoms with van der Waals surface area (Å²) in [5, 5.41) is 3.56. The third kappa shape index (κ3) is 3.67. The zero-order valence-corrected chi connectivity index (χ0v) is 17.6. The van der Waals surface area contributed by atoms with Gasteiger partial charge in [-0.25, -0.2) is 18.9 Å². The second-order valence-electron chi connectivity index (χ2n) is 7.82. The summed E-state index contributed by atoms with van der Waals surface area (Å²) in [6.45, 7) is 4.18. The average Bonchev–Trinajstić information content (AvgIpc) is 3.28. The van der Waals surface area contributed by atoms with E-state index in [-0.39, 0.29) is 0 Å². The van der Waals surface area contributed by atoms with Crippen molar-refractivity contribution in [2.24, 2.45) is 0 Å². The van der Waals surface area contributed by atoms with Crippen LogP contribution in [0, 0.1) is 0 Å². The van der Waals surface area contributed by atoms with Crippen molar-refractivity contribution in [1.82, 2.24) is 20.8 Å². The molecule has 2 fully saturated rings. The van der Waals surface area contributed by atoms with Crippen LogP contribution in [0.1, 0.15) is 18.4 Å². The van der Waals surface area contributed by atoms with E-state index in [1.54, 1.807) is 7.11 Å². The first-order valence-electron chi connectivity index (χ1n) is 9.76. The van der Waals surface area contributed by atoms with Crippen LogP contribution in [0.4, 0.5) is 11.4 Å². The van der Waals surface area contributed by atoms with Gasteiger partial charge < -0.3 is 9.75 Å². The molecule has 0 spiro atoms. The number of hydrogen-bond acceptors (Lipinski definition) is 8. The SMILES string of the molecule is COc1ccc2c(c1NS(=O)(=O)C1CCN(C3CNN(C)C3)CC1)N(C)NC2. The van der Waals surface area contributed by atoms with Crippen LogP contribution in [0.2, 0.25) is 0 Å². The Morgan fingerprint density at radius 1 is 1.18 bits per heavy atom. The van der Waals surface area contributed by atoms with Crippen molar-refractivity contribution in [1.29, 1.82) is 0 Å². The molecule has 0 radical (unpaired) electrons. The fraction of sp³-hybridized carbons (Fsp3) is 0.667. The minimum Gasteiger partial charge on any atom is -0.494 e. The molecular weight excluding hydrogens is 380 g/mol. The number of sulfonamides is 1. The summed E-state index contributed by atoms with van der Waals surface area (Å²) in [5.74, 6) is 0.537. The number of benzene rings is 1. The molecule has 0 bridgehead atoms. The largest absolute Gasteiger partial charge is 0.494 e. The topological polar surface area (TPSA) is 89.2 Å². The van der Waals surface area contributed by atoms with Crippen LogP contribution in [0.25, 0.3) is 0 Å². The summed E-state index contributed by atoms with van der Waals surface area (Å²) in [6.07, 6.45) is 1.28. The quantitative estimate of drug-likeness (QED) is 0.633. The van der Waals surface area contributed by atoms with E-state index in [9.17, 15) is 8.42 Å². The standard InChI is InChI=1S/C18H30N6O3S/c1-22-12-14(11-19-22)24-8-6-15(7-9-24)28(25,26)21-17-16(27-3)5-4-13-10-20-23(2)18(13)17/h4-5,14-15,19-21H,6-12H2,1-3H3. The molecule has 9 nitrogen and oxygen atoms in total. The predicted molar refractivity (Wildman–Crippen MR) is 110 cm³/mol. The zero-order valence-electron chi connectivity index (χ0n) is 16.7. The van der Waals surface area contributed by atoms with Crippen molar-refractivity contribution in [2.45, 2.75) is 30.7 Å². The van der Waals surface area contributed by atoms with Gasteiger partial charge in [-0.1, -0.05) is 6.07 Å². The summed E-state index contributed by atoms with van der Waals surface area (Å²) in [5.41, 5.74) is 8.94. The predicted octanol–water partition coefficient (Wildman–Crippen LogP) is 0.174. The number of fused-ring (bicyclic) bond motifs is 1. The Kier molecular flexibility index (Phi) is 5.41. The molecule has 3 heterocycles. The zero-order chi connectivity index (χ0) is 19.9. The third-order valence-corrected chi connectivity index (χ3v) is 7.88.